The molecule has 1 aromatic carbocycles. The van der Waals surface area contributed by atoms with Crippen LogP contribution in [-0.2, 0) is 11.3 Å². The molecular weight excluding hydrogens is 366 g/mol. The molecule has 1 amide bonds. The van der Waals surface area contributed by atoms with Crippen molar-refractivity contribution < 1.29 is 13.6 Å². The third-order valence-electron chi connectivity index (χ3n) is 4.54. The Balaban J connectivity index is 1.44. The van der Waals surface area contributed by atoms with Gasteiger partial charge in [-0.05, 0) is 49.2 Å². The Morgan fingerprint density at radius 1 is 1.14 bits per heavy atom. The van der Waals surface area contributed by atoms with Crippen LogP contribution in [0.3, 0.4) is 0 Å². The molecule has 7 nitrogen and oxygen atoms in total. The lowest BCUT2D eigenvalue weighted by atomic mass is 10.2. The van der Waals surface area contributed by atoms with Crippen molar-refractivity contribution in [2.24, 2.45) is 0 Å². The zero-order valence-electron chi connectivity index (χ0n) is 15.0. The average molecular weight is 384 g/mol. The number of nitrogens with zero attached hydrogens (tertiary/aromatic N) is 5. The van der Waals surface area contributed by atoms with E-state index in [1.807, 2.05) is 12.1 Å². The van der Waals surface area contributed by atoms with E-state index in [9.17, 15) is 13.6 Å². The van der Waals surface area contributed by atoms with Crippen LogP contribution in [0, 0.1) is 11.6 Å². The quantitative estimate of drug-likeness (QED) is 0.684. The Bertz CT molecular complexity index is 1040. The number of carbonyl (C=O) groups is 1. The third kappa shape index (κ3) is 3.83. The summed E-state index contributed by atoms with van der Waals surface area (Å²) in [7, 11) is 0. The number of benzene rings is 1. The van der Waals surface area contributed by atoms with Crippen LogP contribution in [0.4, 0.5) is 14.6 Å². The minimum atomic E-state index is -0.604. The van der Waals surface area contributed by atoms with Gasteiger partial charge in [0.25, 0.3) is 0 Å². The molecule has 1 saturated heterocycles. The molecule has 2 aromatic heterocycles. The number of carbonyl (C=O) groups excluding carboxylic acids is 1. The van der Waals surface area contributed by atoms with Gasteiger partial charge in [-0.15, -0.1) is 15.3 Å². The van der Waals surface area contributed by atoms with Gasteiger partial charge in [-0.2, -0.15) is 4.52 Å². The maximum Gasteiger partial charge on any atom is 0.244 e. The van der Waals surface area contributed by atoms with Crippen molar-refractivity contribution in [1.82, 2.24) is 25.1 Å². The first-order valence-electron chi connectivity index (χ1n) is 8.97. The number of halogens is 2. The van der Waals surface area contributed by atoms with Crippen molar-refractivity contribution in [1.29, 1.82) is 0 Å². The van der Waals surface area contributed by atoms with Crippen LogP contribution >= 0.6 is 0 Å². The van der Waals surface area contributed by atoms with Gasteiger partial charge in [0.05, 0.1) is 6.54 Å². The summed E-state index contributed by atoms with van der Waals surface area (Å²) < 4.78 is 28.4. The molecule has 3 heterocycles. The molecule has 1 aliphatic rings. The molecule has 0 atom stereocenters. The van der Waals surface area contributed by atoms with E-state index < -0.39 is 17.5 Å². The Kier molecular flexibility index (Phi) is 4.96. The van der Waals surface area contributed by atoms with E-state index in [-0.39, 0.29) is 12.1 Å². The third-order valence-corrected chi connectivity index (χ3v) is 4.54. The van der Waals surface area contributed by atoms with Crippen molar-refractivity contribution in [2.75, 3.05) is 18.0 Å². The van der Waals surface area contributed by atoms with Gasteiger partial charge >= 0.3 is 0 Å². The largest absolute Gasteiger partial charge is 0.355 e. The summed E-state index contributed by atoms with van der Waals surface area (Å²) in [5.74, 6) is -0.312. The van der Waals surface area contributed by atoms with Crippen molar-refractivity contribution in [3.05, 3.63) is 59.4 Å². The van der Waals surface area contributed by atoms with Gasteiger partial charge < -0.3 is 10.2 Å². The first-order chi connectivity index (χ1) is 13.6. The highest BCUT2D eigenvalue weighted by Gasteiger charge is 2.15. The molecule has 1 N–H and O–H groups in total. The summed E-state index contributed by atoms with van der Waals surface area (Å²) >= 11 is 0. The normalized spacial score (nSPS) is 14.3. The smallest absolute Gasteiger partial charge is 0.244 e. The van der Waals surface area contributed by atoms with Gasteiger partial charge in [-0.25, -0.2) is 8.78 Å². The molecule has 3 aromatic rings. The van der Waals surface area contributed by atoms with Gasteiger partial charge in [-0.1, -0.05) is 0 Å². The second-order valence-corrected chi connectivity index (χ2v) is 6.49. The number of rotatable bonds is 5. The lowest BCUT2D eigenvalue weighted by molar-refractivity contribution is -0.116. The van der Waals surface area contributed by atoms with E-state index >= 15 is 0 Å². The second-order valence-electron chi connectivity index (χ2n) is 6.49. The lowest BCUT2D eigenvalue weighted by Gasteiger charge is -2.15. The summed E-state index contributed by atoms with van der Waals surface area (Å²) in [6, 6.07) is 6.81. The van der Waals surface area contributed by atoms with Crippen LogP contribution in [0.25, 0.3) is 11.7 Å². The molecule has 144 valence electrons. The summed E-state index contributed by atoms with van der Waals surface area (Å²) in [6.07, 6.45) is 4.65. The van der Waals surface area contributed by atoms with Crippen molar-refractivity contribution in [3.8, 4) is 0 Å². The molecule has 28 heavy (non-hydrogen) atoms. The Hall–Kier alpha value is -3.36. The summed E-state index contributed by atoms with van der Waals surface area (Å²) in [5.41, 5.74) is 0.588. The molecule has 4 rings (SSSR count). The zero-order valence-corrected chi connectivity index (χ0v) is 15.0. The molecule has 1 fully saturated rings. The van der Waals surface area contributed by atoms with E-state index in [0.717, 1.165) is 56.0 Å². The molecule has 9 heteroatoms. The van der Waals surface area contributed by atoms with E-state index in [0.29, 0.717) is 11.5 Å². The number of anilines is 1. The predicted octanol–water partition coefficient (Wildman–Crippen LogP) is 2.33. The monoisotopic (exact) mass is 384 g/mol. The fourth-order valence-electron chi connectivity index (χ4n) is 3.08. The van der Waals surface area contributed by atoms with Crippen LogP contribution in [0.2, 0.25) is 0 Å². The van der Waals surface area contributed by atoms with Crippen LogP contribution < -0.4 is 10.2 Å². The number of amides is 1. The highest BCUT2D eigenvalue weighted by Crippen LogP contribution is 2.18. The summed E-state index contributed by atoms with van der Waals surface area (Å²) in [4.78, 5) is 14.2. The van der Waals surface area contributed by atoms with Crippen LogP contribution in [0.5, 0.6) is 0 Å². The second kappa shape index (κ2) is 7.71. The van der Waals surface area contributed by atoms with E-state index in [4.69, 9.17) is 0 Å². The topological polar surface area (TPSA) is 75.4 Å². The van der Waals surface area contributed by atoms with Gasteiger partial charge in [-0.3, -0.25) is 4.79 Å². The Morgan fingerprint density at radius 3 is 2.79 bits per heavy atom. The van der Waals surface area contributed by atoms with E-state index in [2.05, 4.69) is 25.5 Å². The minimum absolute atomic E-state index is 0.000000733. The highest BCUT2D eigenvalue weighted by molar-refractivity contribution is 5.91. The molecule has 0 saturated carbocycles. The first-order valence-corrected chi connectivity index (χ1v) is 8.97. The van der Waals surface area contributed by atoms with Gasteiger partial charge in [0, 0.05) is 24.7 Å². The highest BCUT2D eigenvalue weighted by atomic mass is 19.1. The molecule has 0 unspecified atom stereocenters. The fraction of sp³-hybridized carbons (Fsp3) is 0.263. The first kappa shape index (κ1) is 18.0. The summed E-state index contributed by atoms with van der Waals surface area (Å²) in [5, 5.41) is 15.3. The van der Waals surface area contributed by atoms with Crippen molar-refractivity contribution in [3.63, 3.8) is 0 Å². The SMILES string of the molecule is O=C(/C=C/c1cc(F)ccc1F)NCc1nnc2ccc(N3CCCC3)nn12. The minimum Gasteiger partial charge on any atom is -0.355 e. The molecule has 0 spiro atoms. The van der Waals surface area contributed by atoms with Crippen molar-refractivity contribution >= 4 is 23.4 Å². The average Bonchev–Trinajstić information content (AvgIpc) is 3.36. The summed E-state index contributed by atoms with van der Waals surface area (Å²) in [6.45, 7) is 2.04. The van der Waals surface area contributed by atoms with Gasteiger partial charge in [0.1, 0.15) is 17.5 Å². The van der Waals surface area contributed by atoms with Crippen LogP contribution in [0.1, 0.15) is 24.2 Å². The van der Waals surface area contributed by atoms with Gasteiger partial charge in [0.2, 0.25) is 5.91 Å². The number of hydrogen-bond acceptors (Lipinski definition) is 5. The Morgan fingerprint density at radius 2 is 1.96 bits per heavy atom. The molecule has 1 aliphatic heterocycles. The van der Waals surface area contributed by atoms with E-state index in [1.54, 1.807) is 4.52 Å². The number of nitrogens with one attached hydrogen (secondary N) is 1. The molecular formula is C19H18F2N6O. The van der Waals surface area contributed by atoms with Crippen LogP contribution in [0.15, 0.2) is 36.4 Å². The number of aromatic nitrogens is 4. The van der Waals surface area contributed by atoms with E-state index in [1.165, 1.54) is 6.08 Å². The molecule has 0 bridgehead atoms. The maximum absolute atomic E-state index is 13.6. The van der Waals surface area contributed by atoms with Crippen molar-refractivity contribution in [2.45, 2.75) is 19.4 Å². The molecule has 0 radical (unpaired) electrons. The standard InChI is InChI=1S/C19H18F2N6O/c20-14-4-5-15(21)13(11-14)3-8-19(28)22-12-18-24-23-16-6-7-17(25-27(16)18)26-9-1-2-10-26/h3-8,11H,1-2,9-10,12H2,(H,22,28)/b8-3+. The Labute approximate surface area is 159 Å². The van der Waals surface area contributed by atoms with Gasteiger partial charge in [0.15, 0.2) is 11.5 Å². The predicted molar refractivity (Wildman–Crippen MR) is 99.5 cm³/mol. The number of fused-ring (bicyclic) bond motifs is 1. The maximum atomic E-state index is 13.6. The van der Waals surface area contributed by atoms with Crippen LogP contribution in [-0.4, -0.2) is 38.8 Å². The lowest BCUT2D eigenvalue weighted by Crippen LogP contribution is -2.23. The number of hydrogen-bond donors (Lipinski definition) is 1. The zero-order chi connectivity index (χ0) is 19.5. The molecule has 0 aliphatic carbocycles. The fourth-order valence-corrected chi connectivity index (χ4v) is 3.08.